The number of nitrogens with one attached hydrogen (secondary N) is 1. The third kappa shape index (κ3) is 5.00. The molecule has 34 heavy (non-hydrogen) atoms. The number of methoxy groups -OCH3 is 1. The number of benzene rings is 3. The summed E-state index contributed by atoms with van der Waals surface area (Å²) in [7, 11) is -2.59. The van der Waals surface area contributed by atoms with Gasteiger partial charge in [0.1, 0.15) is 5.75 Å². The van der Waals surface area contributed by atoms with Gasteiger partial charge in [0.2, 0.25) is 10.0 Å². The van der Waals surface area contributed by atoms with Crippen LogP contribution in [0.3, 0.4) is 0 Å². The number of para-hydroxylation sites is 2. The molecule has 1 heterocycles. The zero-order chi connectivity index (χ0) is 24.3. The first kappa shape index (κ1) is 23.6. The summed E-state index contributed by atoms with van der Waals surface area (Å²) >= 11 is 6.19. The first-order valence-corrected chi connectivity index (χ1v) is 12.3. The van der Waals surface area contributed by atoms with Crippen LogP contribution in [-0.2, 0) is 25.3 Å². The number of anilines is 2. The Balaban J connectivity index is 1.61. The molecular formula is C24H21ClN2O6S. The predicted molar refractivity (Wildman–Crippen MR) is 129 cm³/mol. The second-order valence-electron chi connectivity index (χ2n) is 7.52. The van der Waals surface area contributed by atoms with E-state index in [1.807, 2.05) is 0 Å². The molecule has 0 saturated heterocycles. The highest BCUT2D eigenvalue weighted by Gasteiger charge is 2.37. The molecule has 1 atom stereocenters. The van der Waals surface area contributed by atoms with Crippen molar-refractivity contribution in [2.45, 2.75) is 11.9 Å². The largest absolute Gasteiger partial charge is 0.476 e. The van der Waals surface area contributed by atoms with E-state index < -0.39 is 28.0 Å². The van der Waals surface area contributed by atoms with Crippen molar-refractivity contribution in [3.63, 3.8) is 0 Å². The molecule has 1 N–H and O–H groups in total. The van der Waals surface area contributed by atoms with Crippen LogP contribution in [-0.4, -0.2) is 40.1 Å². The van der Waals surface area contributed by atoms with Gasteiger partial charge in [-0.3, -0.25) is 9.10 Å². The van der Waals surface area contributed by atoms with Crippen LogP contribution in [0.4, 0.5) is 11.4 Å². The summed E-state index contributed by atoms with van der Waals surface area (Å²) in [5, 5.41) is 2.83. The van der Waals surface area contributed by atoms with Gasteiger partial charge < -0.3 is 14.8 Å². The van der Waals surface area contributed by atoms with Crippen molar-refractivity contribution in [3.05, 3.63) is 88.9 Å². The SMILES string of the molecule is COC(=O)c1ccc(Cl)c(NC(=O)C2CN(S(=O)(=O)Cc3ccccc3)c3ccccc3O2)c1. The number of hydrogen-bond acceptors (Lipinski definition) is 6. The molecule has 0 aromatic heterocycles. The van der Waals surface area contributed by atoms with Gasteiger partial charge in [0.05, 0.1) is 41.4 Å². The van der Waals surface area contributed by atoms with Crippen molar-refractivity contribution in [2.75, 3.05) is 23.3 Å². The van der Waals surface area contributed by atoms with Crippen molar-refractivity contribution in [1.29, 1.82) is 0 Å². The van der Waals surface area contributed by atoms with Gasteiger partial charge in [-0.05, 0) is 35.9 Å². The van der Waals surface area contributed by atoms with Gasteiger partial charge in [-0.1, -0.05) is 54.1 Å². The van der Waals surface area contributed by atoms with E-state index in [1.165, 1.54) is 29.6 Å². The smallest absolute Gasteiger partial charge is 0.337 e. The standard InChI is InChI=1S/C24H21ClN2O6S/c1-32-24(29)17-11-12-18(25)19(13-17)26-23(28)22-14-27(20-9-5-6-10-21(20)33-22)34(30,31)15-16-7-3-2-4-8-16/h2-13,22H,14-15H2,1H3,(H,26,28). The number of fused-ring (bicyclic) bond motifs is 1. The van der Waals surface area contributed by atoms with Crippen LogP contribution in [0.1, 0.15) is 15.9 Å². The fraction of sp³-hybridized carbons (Fsp3) is 0.167. The minimum atomic E-state index is -3.83. The number of hydrogen-bond donors (Lipinski definition) is 1. The van der Waals surface area contributed by atoms with Crippen LogP contribution < -0.4 is 14.4 Å². The van der Waals surface area contributed by atoms with E-state index in [0.29, 0.717) is 11.3 Å². The monoisotopic (exact) mass is 500 g/mol. The minimum absolute atomic E-state index is 0.177. The van der Waals surface area contributed by atoms with Crippen molar-refractivity contribution in [1.82, 2.24) is 0 Å². The van der Waals surface area contributed by atoms with Gasteiger partial charge in [0.15, 0.2) is 6.10 Å². The Bertz CT molecular complexity index is 1330. The van der Waals surface area contributed by atoms with Gasteiger partial charge in [-0.15, -0.1) is 0 Å². The summed E-state index contributed by atoms with van der Waals surface area (Å²) in [6.45, 7) is -0.230. The highest BCUT2D eigenvalue weighted by Crippen LogP contribution is 2.36. The molecule has 0 spiro atoms. The Morgan fingerprint density at radius 1 is 1.09 bits per heavy atom. The summed E-state index contributed by atoms with van der Waals surface area (Å²) in [5.41, 5.74) is 1.35. The average molecular weight is 501 g/mol. The van der Waals surface area contributed by atoms with Crippen molar-refractivity contribution >= 4 is 44.9 Å². The maximum atomic E-state index is 13.3. The number of sulfonamides is 1. The van der Waals surface area contributed by atoms with E-state index in [9.17, 15) is 18.0 Å². The van der Waals surface area contributed by atoms with Crippen molar-refractivity contribution in [3.8, 4) is 5.75 Å². The maximum Gasteiger partial charge on any atom is 0.337 e. The van der Waals surface area contributed by atoms with E-state index >= 15 is 0 Å². The van der Waals surface area contributed by atoms with E-state index in [-0.39, 0.29) is 34.3 Å². The fourth-order valence-electron chi connectivity index (χ4n) is 3.54. The van der Waals surface area contributed by atoms with Crippen LogP contribution in [0.15, 0.2) is 72.8 Å². The van der Waals surface area contributed by atoms with Gasteiger partial charge in [-0.2, -0.15) is 0 Å². The third-order valence-electron chi connectivity index (χ3n) is 5.20. The summed E-state index contributed by atoms with van der Waals surface area (Å²) in [6, 6.07) is 19.7. The van der Waals surface area contributed by atoms with E-state index in [0.717, 1.165) is 0 Å². The molecule has 0 aliphatic carbocycles. The third-order valence-corrected chi connectivity index (χ3v) is 7.25. The number of carbonyl (C=O) groups excluding carboxylic acids is 2. The number of amides is 1. The Labute approximate surface area is 202 Å². The Kier molecular flexibility index (Phi) is 6.76. The molecule has 3 aromatic carbocycles. The molecular weight excluding hydrogens is 480 g/mol. The maximum absolute atomic E-state index is 13.3. The summed E-state index contributed by atoms with van der Waals surface area (Å²) in [5.74, 6) is -1.17. The first-order chi connectivity index (χ1) is 16.3. The fourth-order valence-corrected chi connectivity index (χ4v) is 5.29. The number of nitrogens with zero attached hydrogens (tertiary/aromatic N) is 1. The Hall–Kier alpha value is -3.56. The molecule has 1 aliphatic heterocycles. The van der Waals surface area contributed by atoms with Crippen molar-refractivity contribution < 1.29 is 27.5 Å². The van der Waals surface area contributed by atoms with Crippen LogP contribution in [0.25, 0.3) is 0 Å². The molecule has 1 aliphatic rings. The lowest BCUT2D eigenvalue weighted by Gasteiger charge is -2.34. The number of esters is 1. The summed E-state index contributed by atoms with van der Waals surface area (Å²) in [4.78, 5) is 24.9. The molecule has 0 radical (unpaired) electrons. The zero-order valence-electron chi connectivity index (χ0n) is 18.1. The summed E-state index contributed by atoms with van der Waals surface area (Å²) in [6.07, 6.45) is -1.15. The molecule has 176 valence electrons. The first-order valence-electron chi connectivity index (χ1n) is 10.3. The van der Waals surface area contributed by atoms with Gasteiger partial charge in [0.25, 0.3) is 5.91 Å². The Morgan fingerprint density at radius 2 is 1.79 bits per heavy atom. The predicted octanol–water partition coefficient (Wildman–Crippen LogP) is 3.86. The highest BCUT2D eigenvalue weighted by atomic mass is 35.5. The summed E-state index contributed by atoms with van der Waals surface area (Å²) < 4.78 is 38.4. The molecule has 4 rings (SSSR count). The lowest BCUT2D eigenvalue weighted by atomic mass is 10.2. The highest BCUT2D eigenvalue weighted by molar-refractivity contribution is 7.92. The second kappa shape index (κ2) is 9.74. The lowest BCUT2D eigenvalue weighted by Crippen LogP contribution is -2.49. The molecule has 0 fully saturated rings. The normalized spacial score (nSPS) is 15.1. The second-order valence-corrected chi connectivity index (χ2v) is 9.82. The Morgan fingerprint density at radius 3 is 2.53 bits per heavy atom. The zero-order valence-corrected chi connectivity index (χ0v) is 19.7. The number of ether oxygens (including phenoxy) is 2. The van der Waals surface area contributed by atoms with E-state index in [4.69, 9.17) is 21.1 Å². The van der Waals surface area contributed by atoms with Gasteiger partial charge in [-0.25, -0.2) is 13.2 Å². The molecule has 0 bridgehead atoms. The number of carbonyl (C=O) groups is 2. The van der Waals surface area contributed by atoms with Gasteiger partial charge >= 0.3 is 5.97 Å². The van der Waals surface area contributed by atoms with Crippen LogP contribution in [0, 0.1) is 0 Å². The molecule has 10 heteroatoms. The molecule has 8 nitrogen and oxygen atoms in total. The van der Waals surface area contributed by atoms with Crippen LogP contribution >= 0.6 is 11.6 Å². The molecule has 3 aromatic rings. The average Bonchev–Trinajstić information content (AvgIpc) is 2.84. The van der Waals surface area contributed by atoms with E-state index in [1.54, 1.807) is 54.6 Å². The lowest BCUT2D eigenvalue weighted by molar-refractivity contribution is -0.122. The van der Waals surface area contributed by atoms with E-state index in [2.05, 4.69) is 5.32 Å². The topological polar surface area (TPSA) is 102 Å². The van der Waals surface area contributed by atoms with Crippen LogP contribution in [0.5, 0.6) is 5.75 Å². The van der Waals surface area contributed by atoms with Gasteiger partial charge in [0, 0.05) is 0 Å². The minimum Gasteiger partial charge on any atom is -0.476 e. The van der Waals surface area contributed by atoms with Crippen molar-refractivity contribution in [2.24, 2.45) is 0 Å². The quantitative estimate of drug-likeness (QED) is 0.516. The molecule has 1 unspecified atom stereocenters. The molecule has 0 saturated carbocycles. The number of rotatable bonds is 6. The number of halogens is 1. The molecule has 1 amide bonds. The van der Waals surface area contributed by atoms with Crippen LogP contribution in [0.2, 0.25) is 5.02 Å².